The molecule has 2 rings (SSSR count). The van der Waals surface area contributed by atoms with E-state index in [1.54, 1.807) is 6.20 Å². The number of alkyl halides is 2. The maximum absolute atomic E-state index is 12.5. The van der Waals surface area contributed by atoms with Crippen LogP contribution in [0.25, 0.3) is 0 Å². The van der Waals surface area contributed by atoms with Gasteiger partial charge in [-0.2, -0.15) is 5.10 Å². The van der Waals surface area contributed by atoms with Crippen molar-refractivity contribution in [3.05, 3.63) is 17.5 Å². The molecule has 2 atom stereocenters. The Morgan fingerprint density at radius 2 is 2.31 bits per heavy atom. The van der Waals surface area contributed by atoms with Gasteiger partial charge in [-0.3, -0.25) is 4.68 Å². The van der Waals surface area contributed by atoms with Gasteiger partial charge in [0.15, 0.2) is 0 Å². The van der Waals surface area contributed by atoms with E-state index >= 15 is 0 Å². The zero-order valence-corrected chi connectivity index (χ0v) is 9.58. The molecular weight excluding hydrogens is 212 g/mol. The summed E-state index contributed by atoms with van der Waals surface area (Å²) in [6.45, 7) is 1.52. The summed E-state index contributed by atoms with van der Waals surface area (Å²) in [5.41, 5.74) is 2.26. The molecule has 2 unspecified atom stereocenters. The van der Waals surface area contributed by atoms with E-state index in [1.165, 1.54) is 12.6 Å². The molecule has 0 radical (unpaired) electrons. The smallest absolute Gasteiger partial charge is 0.253 e. The maximum atomic E-state index is 12.5. The number of hydrogen-bond acceptors (Lipinski definition) is 2. The van der Waals surface area contributed by atoms with Crippen LogP contribution >= 0.6 is 0 Å². The van der Waals surface area contributed by atoms with Crippen LogP contribution in [0.2, 0.25) is 0 Å². The van der Waals surface area contributed by atoms with Crippen LogP contribution in [-0.2, 0) is 13.5 Å². The summed E-state index contributed by atoms with van der Waals surface area (Å²) in [6, 6.07) is -0.738. The predicted molar refractivity (Wildman–Crippen MR) is 57.5 cm³/mol. The number of rotatable bonds is 3. The van der Waals surface area contributed by atoms with Crippen LogP contribution < -0.4 is 5.32 Å². The third kappa shape index (κ3) is 2.09. The molecule has 16 heavy (non-hydrogen) atoms. The zero-order valence-electron chi connectivity index (χ0n) is 9.58. The number of aromatic nitrogens is 2. The molecule has 1 aromatic heterocycles. The Morgan fingerprint density at radius 1 is 1.56 bits per heavy atom. The lowest BCUT2D eigenvalue weighted by Gasteiger charge is -2.26. The Bertz CT molecular complexity index is 362. The number of aryl methyl sites for hydroxylation is 1. The van der Waals surface area contributed by atoms with E-state index in [-0.39, 0.29) is 6.04 Å². The number of halogens is 2. The van der Waals surface area contributed by atoms with Crippen molar-refractivity contribution in [1.29, 1.82) is 0 Å². The Morgan fingerprint density at radius 3 is 3.00 bits per heavy atom. The lowest BCUT2D eigenvalue weighted by molar-refractivity contribution is 0.0983. The molecule has 0 bridgehead atoms. The summed E-state index contributed by atoms with van der Waals surface area (Å²) in [5, 5.41) is 7.17. The van der Waals surface area contributed by atoms with Crippen LogP contribution in [0.3, 0.4) is 0 Å². The Balaban J connectivity index is 2.13. The van der Waals surface area contributed by atoms with Gasteiger partial charge in [0.2, 0.25) is 0 Å². The highest BCUT2D eigenvalue weighted by Gasteiger charge is 2.26. The van der Waals surface area contributed by atoms with Crippen molar-refractivity contribution in [3.8, 4) is 0 Å². The van der Waals surface area contributed by atoms with E-state index in [0.29, 0.717) is 0 Å². The normalized spacial score (nSPS) is 22.2. The minimum Gasteiger partial charge on any atom is -0.302 e. The van der Waals surface area contributed by atoms with E-state index in [1.807, 2.05) is 11.7 Å². The minimum absolute atomic E-state index is 0.0291. The molecule has 0 saturated heterocycles. The van der Waals surface area contributed by atoms with E-state index in [0.717, 1.165) is 24.8 Å². The van der Waals surface area contributed by atoms with Crippen LogP contribution in [0.1, 0.15) is 37.1 Å². The van der Waals surface area contributed by atoms with Crippen LogP contribution in [0.15, 0.2) is 6.20 Å². The van der Waals surface area contributed by atoms with Gasteiger partial charge in [-0.05, 0) is 26.2 Å². The van der Waals surface area contributed by atoms with Crippen LogP contribution in [-0.4, -0.2) is 22.2 Å². The second-order valence-corrected chi connectivity index (χ2v) is 4.40. The molecule has 0 saturated carbocycles. The molecule has 1 aliphatic rings. The Hall–Kier alpha value is -0.970. The summed E-state index contributed by atoms with van der Waals surface area (Å²) >= 11 is 0. The van der Waals surface area contributed by atoms with Gasteiger partial charge in [0, 0.05) is 24.3 Å². The molecule has 0 amide bonds. The number of nitrogens with one attached hydrogen (secondary N) is 1. The van der Waals surface area contributed by atoms with Crippen molar-refractivity contribution in [2.75, 3.05) is 0 Å². The minimum atomic E-state index is -2.32. The first kappa shape index (κ1) is 11.5. The van der Waals surface area contributed by atoms with Crippen molar-refractivity contribution >= 4 is 0 Å². The maximum Gasteiger partial charge on any atom is 0.253 e. The van der Waals surface area contributed by atoms with Crippen molar-refractivity contribution in [2.24, 2.45) is 7.05 Å². The number of nitrogens with zero attached hydrogens (tertiary/aromatic N) is 2. The van der Waals surface area contributed by atoms with Crippen LogP contribution in [0.4, 0.5) is 8.78 Å². The molecule has 0 aromatic carbocycles. The molecule has 3 nitrogen and oxygen atoms in total. The molecule has 0 fully saturated rings. The molecule has 0 spiro atoms. The third-order valence-electron chi connectivity index (χ3n) is 3.22. The topological polar surface area (TPSA) is 29.9 Å². The van der Waals surface area contributed by atoms with E-state index in [4.69, 9.17) is 0 Å². The third-order valence-corrected chi connectivity index (χ3v) is 3.22. The average molecular weight is 229 g/mol. The van der Waals surface area contributed by atoms with Gasteiger partial charge >= 0.3 is 0 Å². The largest absolute Gasteiger partial charge is 0.302 e. The van der Waals surface area contributed by atoms with Crippen LogP contribution in [0, 0.1) is 0 Å². The summed E-state index contributed by atoms with van der Waals surface area (Å²) in [6.07, 6.45) is 2.41. The lowest BCUT2D eigenvalue weighted by atomic mass is 9.92. The monoisotopic (exact) mass is 229 g/mol. The van der Waals surface area contributed by atoms with Crippen LogP contribution in [0.5, 0.6) is 0 Å². The number of hydrogen-bond donors (Lipinski definition) is 1. The molecule has 0 aliphatic heterocycles. The second kappa shape index (κ2) is 4.49. The Labute approximate surface area is 93.8 Å². The highest BCUT2D eigenvalue weighted by molar-refractivity contribution is 5.24. The first-order valence-electron chi connectivity index (χ1n) is 5.64. The predicted octanol–water partition coefficient (Wildman–Crippen LogP) is 2.04. The summed E-state index contributed by atoms with van der Waals surface area (Å²) < 4.78 is 26.8. The van der Waals surface area contributed by atoms with Gasteiger partial charge in [-0.15, -0.1) is 0 Å². The highest BCUT2D eigenvalue weighted by Crippen LogP contribution is 2.29. The zero-order chi connectivity index (χ0) is 11.7. The van der Waals surface area contributed by atoms with Crippen molar-refractivity contribution in [3.63, 3.8) is 0 Å². The Kier molecular flexibility index (Phi) is 3.23. The fourth-order valence-corrected chi connectivity index (χ4v) is 2.27. The van der Waals surface area contributed by atoms with E-state index in [2.05, 4.69) is 10.4 Å². The van der Waals surface area contributed by atoms with Gasteiger partial charge in [0.05, 0.1) is 12.2 Å². The van der Waals surface area contributed by atoms with Gasteiger partial charge in [-0.1, -0.05) is 0 Å². The van der Waals surface area contributed by atoms with Crippen molar-refractivity contribution in [1.82, 2.24) is 15.1 Å². The van der Waals surface area contributed by atoms with Gasteiger partial charge in [0.1, 0.15) is 0 Å². The summed E-state index contributed by atoms with van der Waals surface area (Å²) in [5.74, 6) is 0. The summed E-state index contributed by atoms with van der Waals surface area (Å²) in [7, 11) is 1.90. The molecule has 1 aliphatic carbocycles. The highest BCUT2D eigenvalue weighted by atomic mass is 19.3. The molecule has 5 heteroatoms. The van der Waals surface area contributed by atoms with Gasteiger partial charge < -0.3 is 5.32 Å². The molecule has 1 heterocycles. The van der Waals surface area contributed by atoms with Crippen molar-refractivity contribution in [2.45, 2.75) is 44.7 Å². The fourth-order valence-electron chi connectivity index (χ4n) is 2.27. The van der Waals surface area contributed by atoms with Crippen molar-refractivity contribution < 1.29 is 8.78 Å². The standard InChI is InChI=1S/C11H17F2N3/c1-7(11(12)13)15-9-4-3-5-10-8(9)6-14-16(10)2/h6-7,9,11,15H,3-5H2,1-2H3. The van der Waals surface area contributed by atoms with E-state index < -0.39 is 12.5 Å². The summed E-state index contributed by atoms with van der Waals surface area (Å²) in [4.78, 5) is 0. The van der Waals surface area contributed by atoms with Gasteiger partial charge in [-0.25, -0.2) is 8.78 Å². The quantitative estimate of drug-likeness (QED) is 0.859. The number of fused-ring (bicyclic) bond motifs is 1. The molecule has 1 aromatic rings. The molecule has 90 valence electrons. The SMILES string of the molecule is CC(NC1CCCc2c1cnn2C)C(F)F. The first-order chi connectivity index (χ1) is 7.59. The second-order valence-electron chi connectivity index (χ2n) is 4.40. The van der Waals surface area contributed by atoms with E-state index in [9.17, 15) is 8.78 Å². The average Bonchev–Trinajstić information content (AvgIpc) is 2.62. The van der Waals surface area contributed by atoms with Gasteiger partial charge in [0.25, 0.3) is 6.43 Å². The molecular formula is C11H17F2N3. The lowest BCUT2D eigenvalue weighted by Crippen LogP contribution is -2.37. The first-order valence-corrected chi connectivity index (χ1v) is 5.64. The molecule has 1 N–H and O–H groups in total. The fraction of sp³-hybridized carbons (Fsp3) is 0.727.